The van der Waals surface area contributed by atoms with Gasteiger partial charge in [-0.3, -0.25) is 4.90 Å². The monoisotopic (exact) mass is 419 g/mol. The van der Waals surface area contributed by atoms with Gasteiger partial charge in [-0.2, -0.15) is 5.10 Å². The minimum absolute atomic E-state index is 0.0758. The Morgan fingerprint density at radius 1 is 1.03 bits per heavy atom. The van der Waals surface area contributed by atoms with Crippen LogP contribution in [-0.2, 0) is 9.47 Å². The fraction of sp³-hybridized carbons (Fsp3) is 0.609. The van der Waals surface area contributed by atoms with E-state index in [0.29, 0.717) is 0 Å². The molecule has 166 valence electrons. The normalized spacial score (nSPS) is 27.0. The highest BCUT2D eigenvalue weighted by Gasteiger charge is 2.55. The van der Waals surface area contributed by atoms with Gasteiger partial charge in [-0.25, -0.2) is 9.07 Å². The Morgan fingerprint density at radius 2 is 1.67 bits per heavy atom. The molecule has 4 rings (SSSR count). The van der Waals surface area contributed by atoms with E-state index >= 15 is 0 Å². The van der Waals surface area contributed by atoms with Crippen molar-refractivity contribution in [2.45, 2.75) is 56.8 Å². The van der Waals surface area contributed by atoms with Gasteiger partial charge in [0.05, 0.1) is 29.6 Å². The molecule has 1 aromatic carbocycles. The number of nitrogens with zero attached hydrogens (tertiary/aromatic N) is 3. The quantitative estimate of drug-likeness (QED) is 0.806. The molecule has 6 nitrogen and oxygen atoms in total. The van der Waals surface area contributed by atoms with Crippen molar-refractivity contribution >= 4 is 0 Å². The average molecular weight is 420 g/mol. The summed E-state index contributed by atoms with van der Waals surface area (Å²) in [6.45, 7) is 4.22. The zero-order chi connectivity index (χ0) is 21.7. The third-order valence-corrected chi connectivity index (χ3v) is 6.36. The van der Waals surface area contributed by atoms with E-state index in [1.807, 2.05) is 19.2 Å². The van der Waals surface area contributed by atoms with Gasteiger partial charge in [0, 0.05) is 39.0 Å². The second-order valence-electron chi connectivity index (χ2n) is 7.96. The highest BCUT2D eigenvalue weighted by Crippen LogP contribution is 2.45. The summed E-state index contributed by atoms with van der Waals surface area (Å²) >= 11 is 0. The molecule has 0 bridgehead atoms. The average Bonchev–Trinajstić information content (AvgIpc) is 2.94. The summed E-state index contributed by atoms with van der Waals surface area (Å²) in [5, 5.41) is 11.6. The lowest BCUT2D eigenvalue weighted by molar-refractivity contribution is -0.162. The van der Waals surface area contributed by atoms with Gasteiger partial charge in [0.1, 0.15) is 5.82 Å². The summed E-state index contributed by atoms with van der Waals surface area (Å²) in [6, 6.07) is 6.78. The van der Waals surface area contributed by atoms with E-state index < -0.39 is 0 Å². The zero-order valence-electron chi connectivity index (χ0n) is 18.4. The molecule has 1 aliphatic heterocycles. The zero-order valence-corrected chi connectivity index (χ0v) is 18.4. The van der Waals surface area contributed by atoms with Gasteiger partial charge in [-0.1, -0.05) is 18.9 Å². The van der Waals surface area contributed by atoms with Crippen molar-refractivity contribution in [3.63, 3.8) is 0 Å². The Balaban J connectivity index is 0.00000124. The van der Waals surface area contributed by atoms with Crippen molar-refractivity contribution in [2.24, 2.45) is 0 Å². The van der Waals surface area contributed by atoms with Gasteiger partial charge in [0.25, 0.3) is 0 Å². The van der Waals surface area contributed by atoms with Crippen LogP contribution >= 0.6 is 0 Å². The molecule has 1 saturated heterocycles. The standard InChI is InChI=1S/C22H30FN3O2.CH4O/c1-15-18(14-26(24-15)17-10-8-9-16(23)13-17)19-21(27-2)20(22(19)28-3)25-11-6-4-5-7-12-25;1-2/h8-10,13-14,19-22H,4-7,11-12H2,1-3H3;2H,1H3. The van der Waals surface area contributed by atoms with Crippen LogP contribution in [-0.4, -0.2) is 72.5 Å². The minimum Gasteiger partial charge on any atom is -0.400 e. The molecule has 2 aliphatic rings. The Morgan fingerprint density at radius 3 is 2.23 bits per heavy atom. The molecule has 1 aliphatic carbocycles. The Kier molecular flexibility index (Phi) is 7.99. The van der Waals surface area contributed by atoms with E-state index in [1.165, 1.54) is 37.8 Å². The number of aliphatic hydroxyl groups excluding tert-OH is 1. The van der Waals surface area contributed by atoms with Crippen LogP contribution in [0, 0.1) is 12.7 Å². The molecule has 2 unspecified atom stereocenters. The van der Waals surface area contributed by atoms with Crippen molar-refractivity contribution < 1.29 is 19.0 Å². The number of ether oxygens (including phenoxy) is 2. The molecule has 2 heterocycles. The summed E-state index contributed by atoms with van der Waals surface area (Å²) in [5.74, 6) is -0.132. The van der Waals surface area contributed by atoms with Gasteiger partial charge < -0.3 is 14.6 Å². The molecule has 2 atom stereocenters. The third kappa shape index (κ3) is 4.44. The fourth-order valence-electron chi connectivity index (χ4n) is 4.94. The van der Waals surface area contributed by atoms with E-state index in [2.05, 4.69) is 10.00 Å². The smallest absolute Gasteiger partial charge is 0.125 e. The predicted octanol–water partition coefficient (Wildman–Crippen LogP) is 3.30. The molecule has 2 fully saturated rings. The number of aliphatic hydroxyl groups is 1. The number of methoxy groups -OCH3 is 2. The first-order chi connectivity index (χ1) is 14.6. The number of benzene rings is 1. The fourth-order valence-corrected chi connectivity index (χ4v) is 4.94. The van der Waals surface area contributed by atoms with Crippen LogP contribution in [0.1, 0.15) is 42.9 Å². The first-order valence-electron chi connectivity index (χ1n) is 10.7. The van der Waals surface area contributed by atoms with Crippen LogP contribution < -0.4 is 0 Å². The van der Waals surface area contributed by atoms with Gasteiger partial charge in [-0.05, 0) is 51.1 Å². The molecule has 30 heavy (non-hydrogen) atoms. The van der Waals surface area contributed by atoms with E-state index in [0.717, 1.165) is 37.1 Å². The first-order valence-corrected chi connectivity index (χ1v) is 10.7. The van der Waals surface area contributed by atoms with Crippen molar-refractivity contribution in [3.8, 4) is 5.69 Å². The van der Waals surface area contributed by atoms with Crippen LogP contribution in [0.4, 0.5) is 4.39 Å². The van der Waals surface area contributed by atoms with Crippen LogP contribution in [0.3, 0.4) is 0 Å². The Bertz CT molecular complexity index is 793. The predicted molar refractivity (Wildman–Crippen MR) is 115 cm³/mol. The molecule has 1 N–H and O–H groups in total. The number of hydrogen-bond donors (Lipinski definition) is 1. The lowest BCUT2D eigenvalue weighted by Crippen LogP contribution is -2.67. The van der Waals surface area contributed by atoms with Crippen LogP contribution in [0.25, 0.3) is 5.69 Å². The second-order valence-corrected chi connectivity index (χ2v) is 7.96. The number of likely N-dealkylation sites (tertiary alicyclic amines) is 1. The Hall–Kier alpha value is -1.80. The molecule has 0 spiro atoms. The van der Waals surface area contributed by atoms with E-state index in [-0.39, 0.29) is 30.0 Å². The summed E-state index contributed by atoms with van der Waals surface area (Å²) in [6.07, 6.45) is 7.25. The highest BCUT2D eigenvalue weighted by molar-refractivity contribution is 5.37. The maximum Gasteiger partial charge on any atom is 0.125 e. The number of aryl methyl sites for hydroxylation is 1. The molecule has 1 aromatic heterocycles. The number of rotatable bonds is 5. The van der Waals surface area contributed by atoms with Gasteiger partial charge >= 0.3 is 0 Å². The van der Waals surface area contributed by atoms with E-state index in [1.54, 1.807) is 25.0 Å². The molecule has 7 heteroatoms. The number of halogens is 1. The van der Waals surface area contributed by atoms with E-state index in [9.17, 15) is 4.39 Å². The number of aromatic nitrogens is 2. The summed E-state index contributed by atoms with van der Waals surface area (Å²) in [7, 11) is 4.58. The third-order valence-electron chi connectivity index (χ3n) is 6.36. The summed E-state index contributed by atoms with van der Waals surface area (Å²) < 4.78 is 27.3. The molecule has 1 saturated carbocycles. The largest absolute Gasteiger partial charge is 0.400 e. The van der Waals surface area contributed by atoms with Crippen molar-refractivity contribution in [3.05, 3.63) is 47.5 Å². The summed E-state index contributed by atoms with van der Waals surface area (Å²) in [5.41, 5.74) is 2.78. The van der Waals surface area contributed by atoms with Crippen LogP contribution in [0.2, 0.25) is 0 Å². The summed E-state index contributed by atoms with van der Waals surface area (Å²) in [4.78, 5) is 2.55. The lowest BCUT2D eigenvalue weighted by atomic mass is 9.69. The Labute approximate surface area is 178 Å². The SMILES string of the molecule is CO.COC1C(c2cn(-c3cccc(F)c3)nc2C)C(OC)C1N1CCCCCC1. The molecular weight excluding hydrogens is 385 g/mol. The van der Waals surface area contributed by atoms with Gasteiger partial charge in [-0.15, -0.1) is 0 Å². The maximum absolute atomic E-state index is 13.6. The maximum atomic E-state index is 13.6. The first kappa shape index (κ1) is 22.9. The van der Waals surface area contributed by atoms with Crippen molar-refractivity contribution in [1.82, 2.24) is 14.7 Å². The van der Waals surface area contributed by atoms with Gasteiger partial charge in [0.15, 0.2) is 0 Å². The van der Waals surface area contributed by atoms with Crippen molar-refractivity contribution in [1.29, 1.82) is 0 Å². The molecule has 2 aromatic rings. The number of hydrogen-bond acceptors (Lipinski definition) is 5. The lowest BCUT2D eigenvalue weighted by Gasteiger charge is -2.54. The van der Waals surface area contributed by atoms with Crippen LogP contribution in [0.5, 0.6) is 0 Å². The minimum atomic E-state index is -0.262. The van der Waals surface area contributed by atoms with E-state index in [4.69, 9.17) is 14.6 Å². The second kappa shape index (κ2) is 10.5. The van der Waals surface area contributed by atoms with Gasteiger partial charge in [0.2, 0.25) is 0 Å². The van der Waals surface area contributed by atoms with Crippen molar-refractivity contribution in [2.75, 3.05) is 34.4 Å². The highest BCUT2D eigenvalue weighted by atomic mass is 19.1. The molecule has 0 amide bonds. The molecule has 0 radical (unpaired) electrons. The topological polar surface area (TPSA) is 59.8 Å². The molecular formula is C23H34FN3O3. The van der Waals surface area contributed by atoms with Crippen LogP contribution in [0.15, 0.2) is 30.5 Å².